The van der Waals surface area contributed by atoms with Gasteiger partial charge in [-0.15, -0.1) is 16.8 Å². The van der Waals surface area contributed by atoms with Gasteiger partial charge in [-0.3, -0.25) is 19.7 Å². The molecule has 1 atom stereocenters. The summed E-state index contributed by atoms with van der Waals surface area (Å²) in [6, 6.07) is 14.1. The van der Waals surface area contributed by atoms with E-state index in [-0.39, 0.29) is 29.2 Å². The predicted octanol–water partition coefficient (Wildman–Crippen LogP) is 4.23. The van der Waals surface area contributed by atoms with E-state index >= 15 is 0 Å². The lowest BCUT2D eigenvalue weighted by Crippen LogP contribution is -2.33. The number of rotatable bonds is 11. The Kier molecular flexibility index (Phi) is 8.74. The molecule has 35 heavy (non-hydrogen) atoms. The van der Waals surface area contributed by atoms with Crippen molar-refractivity contribution in [2.75, 3.05) is 11.1 Å². The quantitative estimate of drug-likeness (QED) is 0.176. The zero-order valence-electron chi connectivity index (χ0n) is 19.4. The first-order valence-corrected chi connectivity index (χ1v) is 11.9. The van der Waals surface area contributed by atoms with Crippen molar-refractivity contribution in [3.63, 3.8) is 0 Å². The lowest BCUT2D eigenvalue weighted by molar-refractivity contribution is -0.384. The van der Waals surface area contributed by atoms with Crippen LogP contribution in [0.2, 0.25) is 0 Å². The molecule has 3 rings (SSSR count). The molecule has 3 aromatic rings. The molecular weight excluding hydrogens is 468 g/mol. The highest BCUT2D eigenvalue weighted by Gasteiger charge is 2.26. The highest BCUT2D eigenvalue weighted by molar-refractivity contribution is 7.99. The molecule has 1 unspecified atom stereocenters. The summed E-state index contributed by atoms with van der Waals surface area (Å²) in [5.74, 6) is 0.140. The summed E-state index contributed by atoms with van der Waals surface area (Å²) in [7, 11) is 0. The number of nitro benzene ring substituents is 1. The number of nitrogens with one attached hydrogen (secondary N) is 2. The van der Waals surface area contributed by atoms with Gasteiger partial charge in [-0.2, -0.15) is 0 Å². The van der Waals surface area contributed by atoms with E-state index < -0.39 is 11.0 Å². The summed E-state index contributed by atoms with van der Waals surface area (Å²) in [6.45, 7) is 8.16. The fourth-order valence-electron chi connectivity index (χ4n) is 3.27. The number of hydrogen-bond acceptors (Lipinski definition) is 7. The molecule has 0 aliphatic carbocycles. The highest BCUT2D eigenvalue weighted by atomic mass is 32.2. The third-order valence-electron chi connectivity index (χ3n) is 5.02. The predicted molar refractivity (Wildman–Crippen MR) is 134 cm³/mol. The molecule has 1 aromatic heterocycles. The van der Waals surface area contributed by atoms with E-state index in [1.165, 1.54) is 36.0 Å². The van der Waals surface area contributed by atoms with Gasteiger partial charge in [0.05, 0.1) is 16.7 Å². The molecule has 182 valence electrons. The van der Waals surface area contributed by atoms with Gasteiger partial charge < -0.3 is 15.2 Å². The van der Waals surface area contributed by atoms with Crippen LogP contribution in [0.15, 0.2) is 72.4 Å². The first-order valence-electron chi connectivity index (χ1n) is 10.9. The molecule has 2 N–H and O–H groups in total. The van der Waals surface area contributed by atoms with E-state index in [4.69, 9.17) is 0 Å². The van der Waals surface area contributed by atoms with Crippen LogP contribution in [-0.2, 0) is 11.3 Å². The van der Waals surface area contributed by atoms with Crippen LogP contribution >= 0.6 is 11.8 Å². The molecule has 0 fully saturated rings. The van der Waals surface area contributed by atoms with Crippen LogP contribution in [0.5, 0.6) is 0 Å². The van der Waals surface area contributed by atoms with Crippen molar-refractivity contribution in [3.05, 3.63) is 88.8 Å². The van der Waals surface area contributed by atoms with Gasteiger partial charge in [-0.1, -0.05) is 49.9 Å². The van der Waals surface area contributed by atoms with Gasteiger partial charge >= 0.3 is 0 Å². The molecule has 0 aliphatic rings. The van der Waals surface area contributed by atoms with Crippen molar-refractivity contribution in [2.24, 2.45) is 5.92 Å². The van der Waals surface area contributed by atoms with Gasteiger partial charge in [0.1, 0.15) is 0 Å². The molecule has 1 heterocycles. The van der Waals surface area contributed by atoms with Crippen molar-refractivity contribution >= 4 is 35.0 Å². The molecule has 0 saturated heterocycles. The third kappa shape index (κ3) is 6.76. The summed E-state index contributed by atoms with van der Waals surface area (Å²) in [5.41, 5.74) is 0.949. The maximum absolute atomic E-state index is 12.8. The Morgan fingerprint density at radius 3 is 2.43 bits per heavy atom. The Hall–Kier alpha value is -3.99. The van der Waals surface area contributed by atoms with E-state index in [0.717, 1.165) is 0 Å². The lowest BCUT2D eigenvalue weighted by Gasteiger charge is -2.22. The molecule has 0 bridgehead atoms. The molecule has 2 aromatic carbocycles. The van der Waals surface area contributed by atoms with Crippen LogP contribution in [0.3, 0.4) is 0 Å². The molecule has 0 spiro atoms. The van der Waals surface area contributed by atoms with Crippen LogP contribution < -0.4 is 10.6 Å². The van der Waals surface area contributed by atoms with Gasteiger partial charge in [0.2, 0.25) is 5.91 Å². The Morgan fingerprint density at radius 1 is 1.14 bits per heavy atom. The summed E-state index contributed by atoms with van der Waals surface area (Å²) in [5, 5.41) is 25.6. The Bertz CT molecular complexity index is 1190. The van der Waals surface area contributed by atoms with Gasteiger partial charge in [-0.05, 0) is 30.2 Å². The fourth-order valence-corrected chi connectivity index (χ4v) is 4.03. The minimum absolute atomic E-state index is 0.0266. The number of aromatic nitrogens is 3. The van der Waals surface area contributed by atoms with Crippen molar-refractivity contribution in [1.82, 2.24) is 20.1 Å². The van der Waals surface area contributed by atoms with Crippen molar-refractivity contribution in [1.29, 1.82) is 0 Å². The van der Waals surface area contributed by atoms with E-state index in [9.17, 15) is 19.7 Å². The number of hydrogen-bond donors (Lipinski definition) is 2. The van der Waals surface area contributed by atoms with Gasteiger partial charge in [0.25, 0.3) is 11.6 Å². The van der Waals surface area contributed by atoms with Gasteiger partial charge in [0.15, 0.2) is 11.0 Å². The molecule has 10 nitrogen and oxygen atoms in total. The Balaban J connectivity index is 1.71. The van der Waals surface area contributed by atoms with E-state index in [0.29, 0.717) is 28.8 Å². The zero-order valence-corrected chi connectivity index (χ0v) is 20.2. The standard InChI is InChI=1S/C24H26N6O4S/c1-4-14-29-22(21(16(2)3)26-23(32)17-8-6-5-7-9-17)27-28-24(29)35-15-20(31)25-18-10-12-19(13-11-18)30(33)34/h4-13,16,21H,1,14-15H2,2-3H3,(H,25,31)(H,26,32). The number of anilines is 1. The summed E-state index contributed by atoms with van der Waals surface area (Å²) in [6.07, 6.45) is 1.70. The molecular formula is C24H26N6O4S. The number of amides is 2. The monoisotopic (exact) mass is 494 g/mol. The van der Waals surface area contributed by atoms with Gasteiger partial charge in [0, 0.05) is 29.9 Å². The smallest absolute Gasteiger partial charge is 0.269 e. The van der Waals surface area contributed by atoms with Crippen molar-refractivity contribution < 1.29 is 14.5 Å². The maximum atomic E-state index is 12.8. The second-order valence-electron chi connectivity index (χ2n) is 7.94. The fraction of sp³-hybridized carbons (Fsp3) is 0.250. The minimum Gasteiger partial charge on any atom is -0.342 e. The van der Waals surface area contributed by atoms with Crippen LogP contribution in [0, 0.1) is 16.0 Å². The number of nitro groups is 1. The lowest BCUT2D eigenvalue weighted by atomic mass is 10.0. The Labute approximate surface area is 207 Å². The number of benzene rings is 2. The first kappa shape index (κ1) is 25.6. The van der Waals surface area contributed by atoms with E-state index in [1.807, 2.05) is 24.5 Å². The van der Waals surface area contributed by atoms with Gasteiger partial charge in [-0.25, -0.2) is 0 Å². The second kappa shape index (κ2) is 11.9. The maximum Gasteiger partial charge on any atom is 0.269 e. The molecule has 0 saturated carbocycles. The molecule has 0 radical (unpaired) electrons. The number of non-ortho nitro benzene ring substituents is 1. The molecule has 2 amide bonds. The summed E-state index contributed by atoms with van der Waals surface area (Å²) in [4.78, 5) is 35.5. The second-order valence-corrected chi connectivity index (χ2v) is 8.88. The minimum atomic E-state index is -0.502. The highest BCUT2D eigenvalue weighted by Crippen LogP contribution is 2.26. The summed E-state index contributed by atoms with van der Waals surface area (Å²) < 4.78 is 1.83. The average molecular weight is 495 g/mol. The van der Waals surface area contributed by atoms with Crippen LogP contribution in [0.4, 0.5) is 11.4 Å². The normalized spacial score (nSPS) is 11.6. The molecule has 11 heteroatoms. The SMILES string of the molecule is C=CCn1c(SCC(=O)Nc2ccc([N+](=O)[O-])cc2)nnc1C(NC(=O)c1ccccc1)C(C)C. The van der Waals surface area contributed by atoms with E-state index in [2.05, 4.69) is 27.4 Å². The first-order chi connectivity index (χ1) is 16.8. The third-order valence-corrected chi connectivity index (χ3v) is 5.99. The summed E-state index contributed by atoms with van der Waals surface area (Å²) >= 11 is 1.20. The number of thioether (sulfide) groups is 1. The Morgan fingerprint density at radius 2 is 1.83 bits per heavy atom. The number of allylic oxidation sites excluding steroid dienone is 1. The van der Waals surface area contributed by atoms with Crippen molar-refractivity contribution in [2.45, 2.75) is 31.6 Å². The largest absolute Gasteiger partial charge is 0.342 e. The van der Waals surface area contributed by atoms with Crippen LogP contribution in [-0.4, -0.2) is 37.3 Å². The van der Waals surface area contributed by atoms with Crippen LogP contribution in [0.1, 0.15) is 36.1 Å². The van der Waals surface area contributed by atoms with E-state index in [1.54, 1.807) is 30.3 Å². The number of nitrogens with zero attached hydrogens (tertiary/aromatic N) is 4. The molecule has 0 aliphatic heterocycles. The number of carbonyl (C=O) groups excluding carboxylic acids is 2. The topological polar surface area (TPSA) is 132 Å². The van der Waals surface area contributed by atoms with Crippen LogP contribution in [0.25, 0.3) is 0 Å². The van der Waals surface area contributed by atoms with Crippen molar-refractivity contribution in [3.8, 4) is 0 Å². The zero-order chi connectivity index (χ0) is 25.4. The number of carbonyl (C=O) groups is 2. The average Bonchev–Trinajstić information content (AvgIpc) is 3.24.